The normalized spacial score (nSPS) is 11.0. The largest absolute Gasteiger partial charge is 0.493 e. The van der Waals surface area contributed by atoms with Crippen molar-refractivity contribution in [3.8, 4) is 11.5 Å². The first-order valence-electron chi connectivity index (χ1n) is 4.16. The van der Waals surface area contributed by atoms with Crippen molar-refractivity contribution in [2.24, 2.45) is 0 Å². The van der Waals surface area contributed by atoms with Crippen LogP contribution >= 0.6 is 10.7 Å². The van der Waals surface area contributed by atoms with Gasteiger partial charge in [0.1, 0.15) is 0 Å². The molecule has 0 fully saturated rings. The van der Waals surface area contributed by atoms with Crippen LogP contribution in [0.15, 0.2) is 17.0 Å². The molecular weight excluding hydrogens is 274 g/mol. The van der Waals surface area contributed by atoms with Crippen LogP contribution in [0.1, 0.15) is 0 Å². The van der Waals surface area contributed by atoms with E-state index in [1.54, 1.807) is 0 Å². The zero-order chi connectivity index (χ0) is 13.2. The third-order valence-corrected chi connectivity index (χ3v) is 3.28. The Bertz CT molecular complexity index is 555. The lowest BCUT2D eigenvalue weighted by Gasteiger charge is -2.08. The Morgan fingerprint density at radius 2 is 1.71 bits per heavy atom. The molecule has 1 aromatic carbocycles. The van der Waals surface area contributed by atoms with Crippen molar-refractivity contribution >= 4 is 25.4 Å². The Morgan fingerprint density at radius 1 is 1.24 bits per heavy atom. The molecule has 1 aromatic rings. The van der Waals surface area contributed by atoms with Crippen molar-refractivity contribution in [1.29, 1.82) is 0 Å². The fourth-order valence-corrected chi connectivity index (χ4v) is 2.19. The Balaban J connectivity index is 3.64. The van der Waals surface area contributed by atoms with Crippen molar-refractivity contribution in [2.75, 3.05) is 14.2 Å². The van der Waals surface area contributed by atoms with Gasteiger partial charge in [0, 0.05) is 16.7 Å². The first kappa shape index (κ1) is 13.5. The molecule has 17 heavy (non-hydrogen) atoms. The van der Waals surface area contributed by atoms with E-state index in [1.165, 1.54) is 14.2 Å². The number of nitro groups is 1. The van der Waals surface area contributed by atoms with Gasteiger partial charge in [0.25, 0.3) is 14.7 Å². The highest BCUT2D eigenvalue weighted by Crippen LogP contribution is 2.37. The molecule has 0 N–H and O–H groups in total. The molecule has 0 saturated heterocycles. The third-order valence-electron chi connectivity index (χ3n) is 1.92. The molecule has 0 spiro atoms. The van der Waals surface area contributed by atoms with Crippen LogP contribution in [-0.4, -0.2) is 27.6 Å². The molecule has 0 saturated carbocycles. The fraction of sp³-hybridized carbons (Fsp3) is 0.250. The number of nitro benzene ring substituents is 1. The topological polar surface area (TPSA) is 95.7 Å². The van der Waals surface area contributed by atoms with Crippen LogP contribution in [0.4, 0.5) is 5.69 Å². The van der Waals surface area contributed by atoms with E-state index in [-0.39, 0.29) is 11.5 Å². The van der Waals surface area contributed by atoms with E-state index < -0.39 is 24.6 Å². The molecule has 0 radical (unpaired) electrons. The summed E-state index contributed by atoms with van der Waals surface area (Å²) in [6.07, 6.45) is 0. The molecule has 0 unspecified atom stereocenters. The maximum absolute atomic E-state index is 11.2. The standard InChI is InChI=1S/C8H8ClNO6S/c1-15-6-3-5(10(11)12)8(17(9,13)14)4-7(6)16-2/h3-4H,1-2H3. The minimum absolute atomic E-state index is 0.0392. The van der Waals surface area contributed by atoms with Crippen LogP contribution in [0.2, 0.25) is 0 Å². The van der Waals surface area contributed by atoms with Gasteiger partial charge in [0.05, 0.1) is 25.2 Å². The highest BCUT2D eigenvalue weighted by atomic mass is 35.7. The summed E-state index contributed by atoms with van der Waals surface area (Å²) >= 11 is 0. The van der Waals surface area contributed by atoms with E-state index in [0.717, 1.165) is 12.1 Å². The molecule has 0 bridgehead atoms. The highest BCUT2D eigenvalue weighted by molar-refractivity contribution is 8.13. The zero-order valence-electron chi connectivity index (χ0n) is 8.84. The SMILES string of the molecule is COc1cc([N+](=O)[O-])c(S(=O)(=O)Cl)cc1OC. The summed E-state index contributed by atoms with van der Waals surface area (Å²) in [6.45, 7) is 0. The van der Waals surface area contributed by atoms with E-state index in [0.29, 0.717) is 0 Å². The molecule has 0 aliphatic rings. The molecule has 0 aromatic heterocycles. The van der Waals surface area contributed by atoms with Gasteiger partial charge >= 0.3 is 0 Å². The number of halogens is 1. The van der Waals surface area contributed by atoms with Gasteiger partial charge in [0.15, 0.2) is 16.4 Å². The second-order valence-corrected chi connectivity index (χ2v) is 5.40. The van der Waals surface area contributed by atoms with Crippen LogP contribution in [0.25, 0.3) is 0 Å². The number of hydrogen-bond donors (Lipinski definition) is 0. The average molecular weight is 282 g/mol. The van der Waals surface area contributed by atoms with Gasteiger partial charge in [-0.3, -0.25) is 10.1 Å². The number of rotatable bonds is 4. The van der Waals surface area contributed by atoms with Gasteiger partial charge < -0.3 is 9.47 Å². The number of ether oxygens (including phenoxy) is 2. The van der Waals surface area contributed by atoms with Crippen molar-refractivity contribution in [1.82, 2.24) is 0 Å². The van der Waals surface area contributed by atoms with Crippen molar-refractivity contribution in [2.45, 2.75) is 4.90 Å². The van der Waals surface area contributed by atoms with Gasteiger partial charge in [0.2, 0.25) is 0 Å². The van der Waals surface area contributed by atoms with Crippen LogP contribution in [0.3, 0.4) is 0 Å². The molecule has 0 aliphatic heterocycles. The molecule has 94 valence electrons. The summed E-state index contributed by atoms with van der Waals surface area (Å²) in [5.74, 6) is 0.0839. The van der Waals surface area contributed by atoms with E-state index in [2.05, 4.69) is 0 Å². The zero-order valence-corrected chi connectivity index (χ0v) is 10.4. The smallest absolute Gasteiger partial charge is 0.293 e. The van der Waals surface area contributed by atoms with Gasteiger partial charge in [-0.25, -0.2) is 8.42 Å². The Morgan fingerprint density at radius 3 is 2.06 bits per heavy atom. The molecule has 7 nitrogen and oxygen atoms in total. The highest BCUT2D eigenvalue weighted by Gasteiger charge is 2.27. The number of methoxy groups -OCH3 is 2. The van der Waals surface area contributed by atoms with Gasteiger partial charge in [-0.15, -0.1) is 0 Å². The summed E-state index contributed by atoms with van der Waals surface area (Å²) in [5, 5.41) is 10.7. The van der Waals surface area contributed by atoms with Crippen molar-refractivity contribution < 1.29 is 22.8 Å². The summed E-state index contributed by atoms with van der Waals surface area (Å²) < 4.78 is 32.0. The first-order chi connectivity index (χ1) is 7.81. The lowest BCUT2D eigenvalue weighted by Crippen LogP contribution is -2.01. The maximum atomic E-state index is 11.2. The molecular formula is C8H8ClNO6S. The monoisotopic (exact) mass is 281 g/mol. The molecule has 0 heterocycles. The first-order valence-corrected chi connectivity index (χ1v) is 6.47. The lowest BCUT2D eigenvalue weighted by atomic mass is 10.3. The number of benzene rings is 1. The van der Waals surface area contributed by atoms with E-state index in [4.69, 9.17) is 20.2 Å². The summed E-state index contributed by atoms with van der Waals surface area (Å²) in [4.78, 5) is 9.22. The minimum atomic E-state index is -4.24. The van der Waals surface area contributed by atoms with Gasteiger partial charge in [-0.2, -0.15) is 0 Å². The van der Waals surface area contributed by atoms with Crippen molar-refractivity contribution in [3.63, 3.8) is 0 Å². The second kappa shape index (κ2) is 4.76. The Labute approximate surface area is 101 Å². The average Bonchev–Trinajstić information content (AvgIpc) is 2.25. The molecule has 1 rings (SSSR count). The lowest BCUT2D eigenvalue weighted by molar-refractivity contribution is -0.387. The van der Waals surface area contributed by atoms with E-state index in [1.807, 2.05) is 0 Å². The predicted octanol–water partition coefficient (Wildman–Crippen LogP) is 1.54. The van der Waals surface area contributed by atoms with Crippen molar-refractivity contribution in [3.05, 3.63) is 22.2 Å². The van der Waals surface area contributed by atoms with Crippen LogP contribution < -0.4 is 9.47 Å². The molecule has 0 amide bonds. The molecule has 0 atom stereocenters. The van der Waals surface area contributed by atoms with E-state index >= 15 is 0 Å². The summed E-state index contributed by atoms with van der Waals surface area (Å²) in [6, 6.07) is 1.88. The van der Waals surface area contributed by atoms with Gasteiger partial charge in [-0.1, -0.05) is 0 Å². The summed E-state index contributed by atoms with van der Waals surface area (Å²) in [5.41, 5.74) is -0.669. The van der Waals surface area contributed by atoms with E-state index in [9.17, 15) is 18.5 Å². The van der Waals surface area contributed by atoms with Crippen LogP contribution in [0, 0.1) is 10.1 Å². The Hall–Kier alpha value is -1.54. The Kier molecular flexibility index (Phi) is 3.79. The number of hydrogen-bond acceptors (Lipinski definition) is 6. The third kappa shape index (κ3) is 2.77. The maximum Gasteiger partial charge on any atom is 0.293 e. The second-order valence-electron chi connectivity index (χ2n) is 2.87. The molecule has 0 aliphatic carbocycles. The van der Waals surface area contributed by atoms with Gasteiger partial charge in [-0.05, 0) is 0 Å². The minimum Gasteiger partial charge on any atom is -0.493 e. The number of nitrogens with zero attached hydrogens (tertiary/aromatic N) is 1. The predicted molar refractivity (Wildman–Crippen MR) is 59.2 cm³/mol. The van der Waals surface area contributed by atoms with Crippen LogP contribution in [0.5, 0.6) is 11.5 Å². The summed E-state index contributed by atoms with van der Waals surface area (Å²) in [7, 11) is 3.41. The fourth-order valence-electron chi connectivity index (χ4n) is 1.19. The molecule has 9 heteroatoms. The quantitative estimate of drug-likeness (QED) is 0.472. The van der Waals surface area contributed by atoms with Crippen LogP contribution in [-0.2, 0) is 9.05 Å².